The van der Waals surface area contributed by atoms with Gasteiger partial charge in [0.15, 0.2) is 6.61 Å². The molecule has 2 fully saturated rings. The number of hydrogen-bond donors (Lipinski definition) is 3. The molecule has 0 unspecified atom stereocenters. The van der Waals surface area contributed by atoms with Gasteiger partial charge >= 0.3 is 0 Å². The van der Waals surface area contributed by atoms with Crippen molar-refractivity contribution in [1.29, 1.82) is 0 Å². The lowest BCUT2D eigenvalue weighted by Gasteiger charge is -2.33. The first-order valence-corrected chi connectivity index (χ1v) is 14.1. The van der Waals surface area contributed by atoms with E-state index >= 15 is 0 Å². The van der Waals surface area contributed by atoms with E-state index in [1.165, 1.54) is 0 Å². The van der Waals surface area contributed by atoms with Crippen molar-refractivity contribution in [3.63, 3.8) is 0 Å². The number of likely N-dealkylation sites (N-methyl/N-ethyl adjacent to an activating group) is 1. The smallest absolute Gasteiger partial charge is 0.257 e. The van der Waals surface area contributed by atoms with Crippen LogP contribution in [0, 0.1) is 5.92 Å². The number of amides is 3. The molecule has 3 N–H and O–H groups in total. The molecule has 212 valence electrons. The fourth-order valence-electron chi connectivity index (χ4n) is 5.62. The van der Waals surface area contributed by atoms with E-state index in [0.29, 0.717) is 35.4 Å². The first-order valence-electron chi connectivity index (χ1n) is 14.1. The van der Waals surface area contributed by atoms with Crippen LogP contribution in [0.4, 0.5) is 0 Å². The van der Waals surface area contributed by atoms with Crippen molar-refractivity contribution < 1.29 is 19.1 Å². The Kier molecular flexibility index (Phi) is 11.4. The molecule has 0 saturated heterocycles. The number of hydrogen-bond acceptors (Lipinski definition) is 6. The Labute approximate surface area is 228 Å². The predicted molar refractivity (Wildman–Crippen MR) is 150 cm³/mol. The van der Waals surface area contributed by atoms with Crippen LogP contribution < -0.4 is 20.7 Å². The van der Waals surface area contributed by atoms with Gasteiger partial charge in [0.1, 0.15) is 5.75 Å². The van der Waals surface area contributed by atoms with Gasteiger partial charge in [0.25, 0.3) is 17.7 Å². The van der Waals surface area contributed by atoms with Crippen LogP contribution in [0.3, 0.4) is 0 Å². The van der Waals surface area contributed by atoms with Gasteiger partial charge in [0, 0.05) is 42.3 Å². The van der Waals surface area contributed by atoms with Crippen molar-refractivity contribution in [2.75, 3.05) is 47.9 Å². The number of nitrogens with zero attached hydrogens (tertiary/aromatic N) is 2. The lowest BCUT2D eigenvalue weighted by molar-refractivity contribution is -0.122. The van der Waals surface area contributed by atoms with E-state index in [1.807, 2.05) is 6.92 Å². The predicted octanol–water partition coefficient (Wildman–Crippen LogP) is 2.65. The summed E-state index contributed by atoms with van der Waals surface area (Å²) in [6.45, 7) is 3.24. The van der Waals surface area contributed by atoms with Gasteiger partial charge in [-0.25, -0.2) is 0 Å². The van der Waals surface area contributed by atoms with E-state index in [-0.39, 0.29) is 36.4 Å². The van der Waals surface area contributed by atoms with Crippen molar-refractivity contribution in [1.82, 2.24) is 25.8 Å². The van der Waals surface area contributed by atoms with Crippen LogP contribution in [0.15, 0.2) is 18.2 Å². The largest absolute Gasteiger partial charge is 0.484 e. The molecule has 1 aromatic rings. The second-order valence-electron chi connectivity index (χ2n) is 11.4. The van der Waals surface area contributed by atoms with E-state index in [2.05, 4.69) is 53.9 Å². The van der Waals surface area contributed by atoms with Crippen molar-refractivity contribution >= 4 is 17.7 Å². The molecule has 2 aliphatic carbocycles. The van der Waals surface area contributed by atoms with Gasteiger partial charge in [0.05, 0.1) is 0 Å². The minimum Gasteiger partial charge on any atom is -0.484 e. The van der Waals surface area contributed by atoms with E-state index in [0.717, 1.165) is 57.9 Å². The van der Waals surface area contributed by atoms with E-state index < -0.39 is 0 Å². The number of carbonyl (C=O) groups excluding carboxylic acids is 3. The number of carbonyl (C=O) groups is 3. The van der Waals surface area contributed by atoms with Crippen LogP contribution in [-0.2, 0) is 4.79 Å². The number of nitrogens with one attached hydrogen (secondary N) is 3. The second-order valence-corrected chi connectivity index (χ2v) is 11.4. The minimum atomic E-state index is -0.250. The molecule has 0 aromatic heterocycles. The van der Waals surface area contributed by atoms with Gasteiger partial charge < -0.3 is 30.5 Å². The zero-order chi connectivity index (χ0) is 27.7. The molecule has 0 bridgehead atoms. The molecular weight excluding hydrogens is 482 g/mol. The zero-order valence-corrected chi connectivity index (χ0v) is 23.8. The summed E-state index contributed by atoms with van der Waals surface area (Å²) >= 11 is 0. The van der Waals surface area contributed by atoms with Crippen LogP contribution in [0.2, 0.25) is 0 Å². The van der Waals surface area contributed by atoms with E-state index in [9.17, 15) is 14.4 Å². The van der Waals surface area contributed by atoms with Crippen LogP contribution >= 0.6 is 0 Å². The highest BCUT2D eigenvalue weighted by molar-refractivity contribution is 6.00. The van der Waals surface area contributed by atoms with Gasteiger partial charge in [-0.3, -0.25) is 14.4 Å². The summed E-state index contributed by atoms with van der Waals surface area (Å²) in [6.07, 6.45) is 7.99. The third-order valence-corrected chi connectivity index (χ3v) is 7.74. The second kappa shape index (κ2) is 14.5. The number of rotatable bonds is 11. The SMILES string of the molecule is CCNC(=O)COc1cc(C(=O)NC2CCC(CN(C)C)CC2)cc(C(=O)NC2CCC(N(C)C)CC2)c1. The highest BCUT2D eigenvalue weighted by Crippen LogP contribution is 2.26. The van der Waals surface area contributed by atoms with E-state index in [1.54, 1.807) is 18.2 Å². The Morgan fingerprint density at radius 3 is 1.82 bits per heavy atom. The third-order valence-electron chi connectivity index (χ3n) is 7.74. The summed E-state index contributed by atoms with van der Waals surface area (Å²) in [5, 5.41) is 9.00. The van der Waals surface area contributed by atoms with Gasteiger partial charge in [-0.1, -0.05) is 0 Å². The van der Waals surface area contributed by atoms with Gasteiger partial charge in [0.2, 0.25) is 0 Å². The Bertz CT molecular complexity index is 935. The Hall–Kier alpha value is -2.65. The number of benzene rings is 1. The van der Waals surface area contributed by atoms with Gasteiger partial charge in [-0.15, -0.1) is 0 Å². The van der Waals surface area contributed by atoms with E-state index in [4.69, 9.17) is 4.74 Å². The molecule has 0 radical (unpaired) electrons. The van der Waals surface area contributed by atoms with Crippen LogP contribution in [0.25, 0.3) is 0 Å². The normalized spacial score (nSPS) is 23.7. The van der Waals surface area contributed by atoms with Gasteiger partial charge in [-0.2, -0.15) is 0 Å². The first-order chi connectivity index (χ1) is 18.1. The standard InChI is InChI=1S/C29H47N5O4/c1-6-30-27(35)19-38-26-16-21(28(36)31-23-9-7-20(8-10-23)18-33(2)3)15-22(17-26)29(37)32-24-11-13-25(14-12-24)34(4)5/h15-17,20,23-25H,6-14,18-19H2,1-5H3,(H,30,35)(H,31,36)(H,32,37). The molecule has 38 heavy (non-hydrogen) atoms. The van der Waals surface area contributed by atoms with Crippen LogP contribution in [-0.4, -0.2) is 93.5 Å². The monoisotopic (exact) mass is 529 g/mol. The lowest BCUT2D eigenvalue weighted by Crippen LogP contribution is -2.42. The molecule has 9 nitrogen and oxygen atoms in total. The quantitative estimate of drug-likeness (QED) is 0.407. The lowest BCUT2D eigenvalue weighted by atomic mass is 9.85. The molecule has 0 spiro atoms. The summed E-state index contributed by atoms with van der Waals surface area (Å²) in [7, 11) is 8.38. The molecule has 3 amide bonds. The van der Waals surface area contributed by atoms with Crippen molar-refractivity contribution in [2.45, 2.75) is 76.4 Å². The Morgan fingerprint density at radius 2 is 1.34 bits per heavy atom. The maximum atomic E-state index is 13.2. The fourth-order valence-corrected chi connectivity index (χ4v) is 5.62. The summed E-state index contributed by atoms with van der Waals surface area (Å²) in [5.41, 5.74) is 0.739. The fraction of sp³-hybridized carbons (Fsp3) is 0.690. The molecule has 3 rings (SSSR count). The highest BCUT2D eigenvalue weighted by atomic mass is 16.5. The van der Waals surface area contributed by atoms with Crippen LogP contribution in [0.5, 0.6) is 5.75 Å². The molecule has 9 heteroatoms. The Morgan fingerprint density at radius 1 is 0.816 bits per heavy atom. The summed E-state index contributed by atoms with van der Waals surface area (Å²) in [4.78, 5) is 42.9. The third kappa shape index (κ3) is 9.27. The molecular formula is C29H47N5O4. The van der Waals surface area contributed by atoms with Gasteiger partial charge in [-0.05, 0) is 111 Å². The number of ether oxygens (including phenoxy) is 1. The molecule has 2 aliphatic rings. The average molecular weight is 530 g/mol. The summed E-state index contributed by atoms with van der Waals surface area (Å²) in [5.74, 6) is 0.304. The summed E-state index contributed by atoms with van der Waals surface area (Å²) < 4.78 is 5.69. The van der Waals surface area contributed by atoms with Crippen molar-refractivity contribution in [3.05, 3.63) is 29.3 Å². The molecule has 0 aliphatic heterocycles. The van der Waals surface area contributed by atoms with Crippen LogP contribution in [0.1, 0.15) is 79.0 Å². The van der Waals surface area contributed by atoms with Crippen molar-refractivity contribution in [3.8, 4) is 5.75 Å². The topological polar surface area (TPSA) is 103 Å². The molecule has 0 heterocycles. The maximum Gasteiger partial charge on any atom is 0.257 e. The zero-order valence-electron chi connectivity index (χ0n) is 23.8. The molecule has 2 saturated carbocycles. The first kappa shape index (κ1) is 29.9. The molecule has 1 aromatic carbocycles. The maximum absolute atomic E-state index is 13.2. The highest BCUT2D eigenvalue weighted by Gasteiger charge is 2.26. The summed E-state index contributed by atoms with van der Waals surface area (Å²) in [6, 6.07) is 5.63. The molecule has 0 atom stereocenters. The minimum absolute atomic E-state index is 0.105. The Balaban J connectivity index is 1.67. The average Bonchev–Trinajstić information content (AvgIpc) is 2.88. The van der Waals surface area contributed by atoms with Crippen molar-refractivity contribution in [2.24, 2.45) is 5.92 Å².